The third kappa shape index (κ3) is 5.11. The van der Waals surface area contributed by atoms with Crippen LogP contribution in [-0.4, -0.2) is 13.1 Å². The van der Waals surface area contributed by atoms with E-state index in [2.05, 4.69) is 50.5 Å². The molecule has 1 aromatic rings. The summed E-state index contributed by atoms with van der Waals surface area (Å²) >= 11 is 1.87. The van der Waals surface area contributed by atoms with Gasteiger partial charge in [-0.3, -0.25) is 0 Å². The molecule has 2 heteroatoms. The average molecular weight is 267 g/mol. The Morgan fingerprint density at radius 2 is 2.11 bits per heavy atom. The zero-order valence-corrected chi connectivity index (χ0v) is 13.3. The van der Waals surface area contributed by atoms with Gasteiger partial charge in [0.2, 0.25) is 0 Å². The van der Waals surface area contributed by atoms with Gasteiger partial charge >= 0.3 is 0 Å². The predicted molar refractivity (Wildman–Crippen MR) is 83.5 cm³/mol. The standard InChI is InChI=1S/C16H29NS/c1-5-7-9-14(6-2)12-17-13-16(3,4)15-10-8-11-18-15/h8,10-11,14,17H,5-7,9,12-13H2,1-4H3. The van der Waals surface area contributed by atoms with Gasteiger partial charge in [-0.05, 0) is 30.3 Å². The molecule has 1 N–H and O–H groups in total. The molecule has 1 nitrogen and oxygen atoms in total. The van der Waals surface area contributed by atoms with Crippen molar-refractivity contribution in [2.24, 2.45) is 5.92 Å². The van der Waals surface area contributed by atoms with E-state index >= 15 is 0 Å². The van der Waals surface area contributed by atoms with Crippen LogP contribution in [0.1, 0.15) is 58.3 Å². The first kappa shape index (κ1) is 15.7. The summed E-state index contributed by atoms with van der Waals surface area (Å²) in [4.78, 5) is 1.48. The highest BCUT2D eigenvalue weighted by atomic mass is 32.1. The Bertz CT molecular complexity index is 303. The topological polar surface area (TPSA) is 12.0 Å². The summed E-state index contributed by atoms with van der Waals surface area (Å²) in [5.41, 5.74) is 0.261. The van der Waals surface area contributed by atoms with Crippen molar-refractivity contribution in [1.82, 2.24) is 5.32 Å². The number of unbranched alkanes of at least 4 members (excludes halogenated alkanes) is 1. The van der Waals surface area contributed by atoms with E-state index in [4.69, 9.17) is 0 Å². The van der Waals surface area contributed by atoms with Gasteiger partial charge in [0.25, 0.3) is 0 Å². The lowest BCUT2D eigenvalue weighted by Gasteiger charge is -2.25. The van der Waals surface area contributed by atoms with Crippen LogP contribution < -0.4 is 5.32 Å². The van der Waals surface area contributed by atoms with Crippen LogP contribution in [0.15, 0.2) is 17.5 Å². The van der Waals surface area contributed by atoms with Gasteiger partial charge in [0, 0.05) is 16.8 Å². The van der Waals surface area contributed by atoms with Gasteiger partial charge in [-0.15, -0.1) is 11.3 Å². The van der Waals surface area contributed by atoms with Crippen LogP contribution in [-0.2, 0) is 5.41 Å². The van der Waals surface area contributed by atoms with E-state index in [1.165, 1.54) is 37.1 Å². The molecular formula is C16H29NS. The molecule has 1 atom stereocenters. The smallest absolute Gasteiger partial charge is 0.0115 e. The van der Waals surface area contributed by atoms with Crippen LogP contribution in [0.4, 0.5) is 0 Å². The minimum Gasteiger partial charge on any atom is -0.316 e. The molecule has 1 heterocycles. The van der Waals surface area contributed by atoms with Gasteiger partial charge in [-0.1, -0.05) is 53.0 Å². The van der Waals surface area contributed by atoms with Gasteiger partial charge < -0.3 is 5.32 Å². The SMILES string of the molecule is CCCCC(CC)CNCC(C)(C)c1cccs1. The molecule has 0 aliphatic carbocycles. The third-order valence-corrected chi connectivity index (χ3v) is 4.97. The fraction of sp³-hybridized carbons (Fsp3) is 0.750. The highest BCUT2D eigenvalue weighted by Crippen LogP contribution is 2.26. The third-order valence-electron chi connectivity index (χ3n) is 3.73. The summed E-state index contributed by atoms with van der Waals surface area (Å²) in [6.45, 7) is 11.5. The molecule has 0 saturated carbocycles. The Labute approximate surface area is 117 Å². The van der Waals surface area contributed by atoms with Gasteiger partial charge in [-0.25, -0.2) is 0 Å². The summed E-state index contributed by atoms with van der Waals surface area (Å²) in [6, 6.07) is 4.40. The van der Waals surface area contributed by atoms with Crippen LogP contribution in [0.25, 0.3) is 0 Å². The normalized spacial score (nSPS) is 13.8. The largest absolute Gasteiger partial charge is 0.316 e. The van der Waals surface area contributed by atoms with Crippen LogP contribution in [0.2, 0.25) is 0 Å². The van der Waals surface area contributed by atoms with E-state index in [1.54, 1.807) is 0 Å². The van der Waals surface area contributed by atoms with E-state index in [-0.39, 0.29) is 5.41 Å². The summed E-state index contributed by atoms with van der Waals surface area (Å²) < 4.78 is 0. The molecular weight excluding hydrogens is 238 g/mol. The van der Waals surface area contributed by atoms with Gasteiger partial charge in [0.05, 0.1) is 0 Å². The summed E-state index contributed by atoms with van der Waals surface area (Å²) in [6.07, 6.45) is 5.36. The highest BCUT2D eigenvalue weighted by molar-refractivity contribution is 7.10. The van der Waals surface area contributed by atoms with E-state index in [0.29, 0.717) is 0 Å². The van der Waals surface area contributed by atoms with Crippen LogP contribution in [0, 0.1) is 5.92 Å². The molecule has 0 aliphatic heterocycles. The lowest BCUT2D eigenvalue weighted by Crippen LogP contribution is -2.35. The van der Waals surface area contributed by atoms with Gasteiger partial charge in [0.1, 0.15) is 0 Å². The zero-order chi connectivity index (χ0) is 13.4. The molecule has 1 unspecified atom stereocenters. The fourth-order valence-corrected chi connectivity index (χ4v) is 3.13. The first-order chi connectivity index (χ1) is 8.60. The number of thiophene rings is 1. The molecule has 0 spiro atoms. The highest BCUT2D eigenvalue weighted by Gasteiger charge is 2.21. The van der Waals surface area contributed by atoms with Crippen molar-refractivity contribution in [1.29, 1.82) is 0 Å². The van der Waals surface area contributed by atoms with Gasteiger partial charge in [-0.2, -0.15) is 0 Å². The van der Waals surface area contributed by atoms with E-state index in [1.807, 2.05) is 11.3 Å². The maximum atomic E-state index is 3.68. The van der Waals surface area contributed by atoms with E-state index < -0.39 is 0 Å². The summed E-state index contributed by atoms with van der Waals surface area (Å²) in [5, 5.41) is 5.85. The number of hydrogen-bond acceptors (Lipinski definition) is 2. The molecule has 104 valence electrons. The Morgan fingerprint density at radius 1 is 1.33 bits per heavy atom. The van der Waals surface area contributed by atoms with Gasteiger partial charge in [0.15, 0.2) is 0 Å². The van der Waals surface area contributed by atoms with Crippen molar-refractivity contribution in [2.75, 3.05) is 13.1 Å². The lowest BCUT2D eigenvalue weighted by molar-refractivity contribution is 0.389. The maximum Gasteiger partial charge on any atom is 0.0115 e. The second-order valence-electron chi connectivity index (χ2n) is 5.91. The molecule has 0 amide bonds. The van der Waals surface area contributed by atoms with E-state index in [9.17, 15) is 0 Å². The molecule has 0 fully saturated rings. The number of hydrogen-bond donors (Lipinski definition) is 1. The minimum atomic E-state index is 0.261. The number of nitrogens with one attached hydrogen (secondary N) is 1. The Hall–Kier alpha value is -0.340. The van der Waals surface area contributed by atoms with Crippen LogP contribution in [0.5, 0.6) is 0 Å². The molecule has 0 aliphatic rings. The summed E-state index contributed by atoms with van der Waals surface area (Å²) in [7, 11) is 0. The summed E-state index contributed by atoms with van der Waals surface area (Å²) in [5.74, 6) is 0.851. The molecule has 18 heavy (non-hydrogen) atoms. The number of rotatable bonds is 9. The average Bonchev–Trinajstić information content (AvgIpc) is 2.88. The fourth-order valence-electron chi connectivity index (χ4n) is 2.28. The molecule has 0 aromatic carbocycles. The molecule has 0 bridgehead atoms. The van der Waals surface area contributed by atoms with Crippen molar-refractivity contribution in [3.05, 3.63) is 22.4 Å². The Morgan fingerprint density at radius 3 is 2.67 bits per heavy atom. The maximum absolute atomic E-state index is 3.68. The Balaban J connectivity index is 2.31. The van der Waals surface area contributed by atoms with Crippen molar-refractivity contribution >= 4 is 11.3 Å². The quantitative estimate of drug-likeness (QED) is 0.675. The lowest BCUT2D eigenvalue weighted by atomic mass is 9.91. The molecule has 1 aromatic heterocycles. The molecule has 0 saturated heterocycles. The first-order valence-corrected chi connectivity index (χ1v) is 8.22. The van der Waals surface area contributed by atoms with Crippen LogP contribution >= 0.6 is 11.3 Å². The van der Waals surface area contributed by atoms with Crippen molar-refractivity contribution < 1.29 is 0 Å². The van der Waals surface area contributed by atoms with Crippen LogP contribution in [0.3, 0.4) is 0 Å². The second kappa shape index (κ2) is 7.96. The molecule has 0 radical (unpaired) electrons. The van der Waals surface area contributed by atoms with Crippen molar-refractivity contribution in [2.45, 2.75) is 58.8 Å². The minimum absolute atomic E-state index is 0.261. The Kier molecular flexibility index (Phi) is 6.95. The molecule has 1 rings (SSSR count). The van der Waals surface area contributed by atoms with Crippen molar-refractivity contribution in [3.8, 4) is 0 Å². The predicted octanol–water partition coefficient (Wildman–Crippen LogP) is 4.83. The van der Waals surface area contributed by atoms with Crippen molar-refractivity contribution in [3.63, 3.8) is 0 Å². The second-order valence-corrected chi connectivity index (χ2v) is 6.86. The first-order valence-electron chi connectivity index (χ1n) is 7.34. The monoisotopic (exact) mass is 267 g/mol. The zero-order valence-electron chi connectivity index (χ0n) is 12.5. The van der Waals surface area contributed by atoms with E-state index in [0.717, 1.165) is 12.5 Å².